The number of unbranched alkanes of at least 4 members (excludes halogenated alkanes) is 26. The molecule has 0 bridgehead atoms. The lowest BCUT2D eigenvalue weighted by molar-refractivity contribution is -0.153. The minimum Gasteiger partial charge on any atom is -0.457 e. The van der Waals surface area contributed by atoms with Crippen LogP contribution < -0.4 is 0 Å². The van der Waals surface area contributed by atoms with E-state index in [-0.39, 0.29) is 12.8 Å². The first-order valence-corrected chi connectivity index (χ1v) is 23.6. The molecule has 0 fully saturated rings. The molecule has 54 heavy (non-hydrogen) atoms. The number of rotatable bonds is 42. The molecule has 0 aromatic rings. The first kappa shape index (κ1) is 52.7. The molecule has 0 heterocycles. The van der Waals surface area contributed by atoms with Crippen LogP contribution in [0.15, 0.2) is 12.2 Å². The highest BCUT2D eigenvalue weighted by atomic mass is 31.2. The zero-order chi connectivity index (χ0) is 39.8. The molecule has 0 aromatic heterocycles. The molecule has 0 aliphatic heterocycles. The lowest BCUT2D eigenvalue weighted by Gasteiger charge is -2.20. The predicted octanol–water partition coefficient (Wildman–Crippen LogP) is 11.6. The van der Waals surface area contributed by atoms with Crippen LogP contribution in [0.2, 0.25) is 0 Å². The van der Waals surface area contributed by atoms with Crippen LogP contribution in [0.1, 0.15) is 213 Å². The minimum absolute atomic E-state index is 0.185. The number of esters is 2. The maximum Gasteiger partial charge on any atom is 0.472 e. The monoisotopic (exact) mass is 791 g/mol. The smallest absolute Gasteiger partial charge is 0.457 e. The number of aliphatic hydroxyl groups excluding tert-OH is 2. The fraction of sp³-hybridized carbons (Fsp3) is 0.907. The average molecular weight is 791 g/mol. The van der Waals surface area contributed by atoms with Gasteiger partial charge in [0.15, 0.2) is 0 Å². The second-order valence-corrected chi connectivity index (χ2v) is 16.5. The summed E-state index contributed by atoms with van der Waals surface area (Å²) in [5.74, 6) is -1.02. The number of phosphoric acid groups is 1. The summed E-state index contributed by atoms with van der Waals surface area (Å²) in [5.41, 5.74) is 0. The van der Waals surface area contributed by atoms with Crippen LogP contribution in [0.4, 0.5) is 0 Å². The zero-order valence-corrected chi connectivity index (χ0v) is 35.6. The van der Waals surface area contributed by atoms with Gasteiger partial charge in [-0.05, 0) is 38.5 Å². The number of hydrogen-bond donors (Lipinski definition) is 3. The first-order valence-electron chi connectivity index (χ1n) is 22.1. The quantitative estimate of drug-likeness (QED) is 0.0236. The number of carbonyl (C=O) groups excluding carboxylic acids is 2. The summed E-state index contributed by atoms with van der Waals surface area (Å²) in [6.07, 6.45) is 37.6. The third kappa shape index (κ3) is 37.6. The number of phosphoric ester groups is 1. The number of allylic oxidation sites excluding steroid dienone is 2. The van der Waals surface area contributed by atoms with E-state index in [0.717, 1.165) is 57.8 Å². The van der Waals surface area contributed by atoms with Crippen LogP contribution in [-0.2, 0) is 32.7 Å². The van der Waals surface area contributed by atoms with Crippen LogP contribution in [0, 0.1) is 0 Å². The SMILES string of the molecule is CCCCC/C=C\CCCCCCCC(=O)OC(CO)COP(=O)(O)OCC(CO)OC(=O)CCCCCCCCCCCCCCCCCCCCC. The van der Waals surface area contributed by atoms with Gasteiger partial charge in [0.05, 0.1) is 26.4 Å². The molecule has 0 amide bonds. The molecular formula is C43H83O10P. The van der Waals surface area contributed by atoms with Crippen molar-refractivity contribution in [3.05, 3.63) is 12.2 Å². The van der Waals surface area contributed by atoms with E-state index in [1.54, 1.807) is 0 Å². The van der Waals surface area contributed by atoms with Gasteiger partial charge in [-0.25, -0.2) is 4.57 Å². The molecule has 10 nitrogen and oxygen atoms in total. The van der Waals surface area contributed by atoms with Gasteiger partial charge in [0.25, 0.3) is 0 Å². The Kier molecular flexibility index (Phi) is 39.0. The molecule has 0 aromatic carbocycles. The summed E-state index contributed by atoms with van der Waals surface area (Å²) >= 11 is 0. The van der Waals surface area contributed by atoms with E-state index in [4.69, 9.17) is 18.5 Å². The maximum absolute atomic E-state index is 12.3. The maximum atomic E-state index is 12.3. The van der Waals surface area contributed by atoms with Crippen molar-refractivity contribution < 1.29 is 47.8 Å². The van der Waals surface area contributed by atoms with Gasteiger partial charge in [-0.1, -0.05) is 174 Å². The highest BCUT2D eigenvalue weighted by Crippen LogP contribution is 2.43. The highest BCUT2D eigenvalue weighted by molar-refractivity contribution is 7.47. The second kappa shape index (κ2) is 39.9. The third-order valence-electron chi connectivity index (χ3n) is 9.73. The fourth-order valence-electron chi connectivity index (χ4n) is 6.29. The molecule has 0 saturated heterocycles. The van der Waals surface area contributed by atoms with Crippen LogP contribution in [0.5, 0.6) is 0 Å². The van der Waals surface area contributed by atoms with E-state index in [9.17, 15) is 29.3 Å². The van der Waals surface area contributed by atoms with E-state index < -0.39 is 58.4 Å². The molecule has 0 radical (unpaired) electrons. The summed E-state index contributed by atoms with van der Waals surface area (Å²) in [4.78, 5) is 34.5. The summed E-state index contributed by atoms with van der Waals surface area (Å²) in [7, 11) is -4.63. The molecule has 3 N–H and O–H groups in total. The minimum atomic E-state index is -4.63. The van der Waals surface area contributed by atoms with E-state index in [1.807, 2.05) is 0 Å². The molecular weight excluding hydrogens is 707 g/mol. The molecule has 11 heteroatoms. The molecule has 0 aliphatic rings. The summed E-state index contributed by atoms with van der Waals surface area (Å²) in [5, 5.41) is 19.1. The van der Waals surface area contributed by atoms with Crippen molar-refractivity contribution in [2.75, 3.05) is 26.4 Å². The van der Waals surface area contributed by atoms with Crippen molar-refractivity contribution in [3.8, 4) is 0 Å². The molecule has 0 spiro atoms. The molecule has 3 atom stereocenters. The van der Waals surface area contributed by atoms with E-state index >= 15 is 0 Å². The highest BCUT2D eigenvalue weighted by Gasteiger charge is 2.27. The standard InChI is InChI=1S/C43H83O10P/c1-3-5-7-9-11-13-15-17-18-19-20-21-22-23-25-27-29-31-33-35-43(47)53-41(37-45)39-51-54(48,49)50-38-40(36-44)52-42(46)34-32-30-28-26-24-16-14-12-10-8-6-4-2/h12,14,40-41,44-45H,3-11,13,15-39H2,1-2H3,(H,48,49)/b14-12-. The van der Waals surface area contributed by atoms with E-state index in [0.29, 0.717) is 12.8 Å². The van der Waals surface area contributed by atoms with Crippen molar-refractivity contribution in [1.29, 1.82) is 0 Å². The summed E-state index contributed by atoms with van der Waals surface area (Å²) in [6, 6.07) is 0. The van der Waals surface area contributed by atoms with Crippen LogP contribution in [0.3, 0.4) is 0 Å². The van der Waals surface area contributed by atoms with E-state index in [2.05, 4.69) is 26.0 Å². The molecule has 3 unspecified atom stereocenters. The predicted molar refractivity (Wildman–Crippen MR) is 219 cm³/mol. The Labute approximate surface area is 330 Å². The Morgan fingerprint density at radius 2 is 0.759 bits per heavy atom. The van der Waals surface area contributed by atoms with E-state index in [1.165, 1.54) is 116 Å². The lowest BCUT2D eigenvalue weighted by Crippen LogP contribution is -2.28. The van der Waals surface area contributed by atoms with Gasteiger partial charge < -0.3 is 24.6 Å². The largest absolute Gasteiger partial charge is 0.472 e. The van der Waals surface area contributed by atoms with Gasteiger partial charge in [0.2, 0.25) is 0 Å². The number of aliphatic hydroxyl groups is 2. The lowest BCUT2D eigenvalue weighted by atomic mass is 10.0. The van der Waals surface area contributed by atoms with Gasteiger partial charge in [-0.2, -0.15) is 0 Å². The molecule has 0 aliphatic carbocycles. The molecule has 0 rings (SSSR count). The topological polar surface area (TPSA) is 149 Å². The molecule has 0 saturated carbocycles. The third-order valence-corrected chi connectivity index (χ3v) is 10.7. The summed E-state index contributed by atoms with van der Waals surface area (Å²) < 4.78 is 32.5. The normalized spacial score (nSPS) is 13.9. The van der Waals surface area contributed by atoms with Gasteiger partial charge in [-0.15, -0.1) is 0 Å². The van der Waals surface area contributed by atoms with Crippen LogP contribution in [0.25, 0.3) is 0 Å². The van der Waals surface area contributed by atoms with Crippen LogP contribution in [-0.4, -0.2) is 65.7 Å². The average Bonchev–Trinajstić information content (AvgIpc) is 3.16. The zero-order valence-electron chi connectivity index (χ0n) is 34.7. The number of ether oxygens (including phenoxy) is 2. The Morgan fingerprint density at radius 1 is 0.481 bits per heavy atom. The van der Waals surface area contributed by atoms with Crippen LogP contribution >= 0.6 is 7.82 Å². The molecule has 320 valence electrons. The van der Waals surface area contributed by atoms with Crippen molar-refractivity contribution >= 4 is 19.8 Å². The Morgan fingerprint density at radius 3 is 1.09 bits per heavy atom. The van der Waals surface area contributed by atoms with Gasteiger partial charge in [-0.3, -0.25) is 18.6 Å². The summed E-state index contributed by atoms with van der Waals surface area (Å²) in [6.45, 7) is 2.20. The van der Waals surface area contributed by atoms with Crippen molar-refractivity contribution in [3.63, 3.8) is 0 Å². The van der Waals surface area contributed by atoms with Crippen molar-refractivity contribution in [2.45, 2.75) is 225 Å². The van der Waals surface area contributed by atoms with Crippen molar-refractivity contribution in [1.82, 2.24) is 0 Å². The Bertz CT molecular complexity index is 915. The van der Waals surface area contributed by atoms with Crippen molar-refractivity contribution in [2.24, 2.45) is 0 Å². The first-order chi connectivity index (χ1) is 26.3. The van der Waals surface area contributed by atoms with Gasteiger partial charge in [0.1, 0.15) is 12.2 Å². The Balaban J connectivity index is 3.86. The Hall–Kier alpha value is -1.29. The van der Waals surface area contributed by atoms with Gasteiger partial charge >= 0.3 is 19.8 Å². The number of carbonyl (C=O) groups is 2. The second-order valence-electron chi connectivity index (χ2n) is 15.0. The number of hydrogen-bond acceptors (Lipinski definition) is 9. The fourth-order valence-corrected chi connectivity index (χ4v) is 7.07. The van der Waals surface area contributed by atoms with Gasteiger partial charge in [0, 0.05) is 12.8 Å².